The lowest BCUT2D eigenvalue weighted by Crippen LogP contribution is -2.26. The van der Waals surface area contributed by atoms with E-state index in [9.17, 15) is 14.4 Å². The molecule has 0 radical (unpaired) electrons. The first-order chi connectivity index (χ1) is 13.8. The zero-order valence-electron chi connectivity index (χ0n) is 19.4. The number of Topliss-reactive ketones (excluding diaryl/α,β-unsaturated/α-hetero) is 3. The monoisotopic (exact) mass is 417 g/mol. The maximum atomic E-state index is 10.6. The van der Waals surface area contributed by atoms with E-state index in [1.807, 2.05) is 95.3 Å². The van der Waals surface area contributed by atoms with Gasteiger partial charge in [0.2, 0.25) is 0 Å². The van der Waals surface area contributed by atoms with Crippen LogP contribution in [-0.4, -0.2) is 23.4 Å². The average molecular weight is 418 g/mol. The summed E-state index contributed by atoms with van der Waals surface area (Å²) in [7, 11) is 0. The number of hydrogen-bond acceptors (Lipinski definition) is 4. The molecule has 0 aromatic heterocycles. The molecule has 4 nitrogen and oxygen atoms in total. The van der Waals surface area contributed by atoms with Gasteiger partial charge in [0.25, 0.3) is 0 Å². The van der Waals surface area contributed by atoms with Gasteiger partial charge in [-0.25, -0.2) is 0 Å². The second-order valence-electron chi connectivity index (χ2n) is 5.47. The Hall–Kier alpha value is -2.59. The third-order valence-corrected chi connectivity index (χ3v) is 3.32. The van der Waals surface area contributed by atoms with Crippen LogP contribution in [0.2, 0.25) is 0 Å². The molecule has 0 saturated heterocycles. The van der Waals surface area contributed by atoms with Gasteiger partial charge in [-0.15, -0.1) is 0 Å². The summed E-state index contributed by atoms with van der Waals surface area (Å²) in [4.78, 5) is 31.5. The number of nitrogens with two attached hydrogens (primary N) is 1. The van der Waals surface area contributed by atoms with Crippen LogP contribution < -0.4 is 5.73 Å². The first-order valence-electron chi connectivity index (χ1n) is 10.2. The van der Waals surface area contributed by atoms with E-state index in [0.717, 1.165) is 17.5 Å². The molecular formula is C26H43NO3. The fraction of sp³-hybridized carbons (Fsp3) is 0.423. The van der Waals surface area contributed by atoms with Crippen molar-refractivity contribution in [3.8, 4) is 0 Å². The molecular weight excluding hydrogens is 374 g/mol. The predicted molar refractivity (Wildman–Crippen MR) is 131 cm³/mol. The summed E-state index contributed by atoms with van der Waals surface area (Å²) >= 11 is 0. The minimum absolute atomic E-state index is 0. The fourth-order valence-electron chi connectivity index (χ4n) is 1.63. The maximum Gasteiger partial charge on any atom is 0.159 e. The van der Waals surface area contributed by atoms with Crippen molar-refractivity contribution in [2.75, 3.05) is 0 Å². The van der Waals surface area contributed by atoms with E-state index in [1.54, 1.807) is 13.8 Å². The molecule has 0 bridgehead atoms. The highest BCUT2D eigenvalue weighted by molar-refractivity contribution is 5.94. The lowest BCUT2D eigenvalue weighted by atomic mass is 10.2. The molecule has 0 heterocycles. The van der Waals surface area contributed by atoms with Crippen LogP contribution >= 0.6 is 0 Å². The molecule has 0 saturated carbocycles. The maximum absolute atomic E-state index is 10.6. The van der Waals surface area contributed by atoms with Crippen LogP contribution in [0.1, 0.15) is 90.0 Å². The molecule has 0 aliphatic carbocycles. The average Bonchev–Trinajstić information content (AvgIpc) is 2.78. The van der Waals surface area contributed by atoms with Crippen LogP contribution in [0.3, 0.4) is 0 Å². The molecule has 0 aliphatic rings. The lowest BCUT2D eigenvalue weighted by Gasteiger charge is -1.99. The van der Waals surface area contributed by atoms with E-state index in [1.165, 1.54) is 6.92 Å². The first-order valence-corrected chi connectivity index (χ1v) is 10.2. The Morgan fingerprint density at radius 3 is 1.07 bits per heavy atom. The van der Waals surface area contributed by atoms with E-state index >= 15 is 0 Å². The first kappa shape index (κ1) is 34.9. The van der Waals surface area contributed by atoms with Crippen LogP contribution in [0.25, 0.3) is 0 Å². The Bertz CT molecular complexity index is 603. The van der Waals surface area contributed by atoms with Gasteiger partial charge in [-0.2, -0.15) is 0 Å². The quantitative estimate of drug-likeness (QED) is 0.556. The molecule has 0 fully saturated rings. The van der Waals surface area contributed by atoms with Crippen LogP contribution in [0.5, 0.6) is 0 Å². The van der Waals surface area contributed by atoms with Gasteiger partial charge in [0.05, 0.1) is 6.04 Å². The molecule has 2 aromatic carbocycles. The van der Waals surface area contributed by atoms with Crippen LogP contribution in [0.15, 0.2) is 60.7 Å². The SMILES string of the molecule is C.CC.CC.CC(=O)c1ccccc1.CC(=O)c1ccccc1.CC[C@@H](N)C(C)=O. The van der Waals surface area contributed by atoms with Crippen LogP contribution in [0.4, 0.5) is 0 Å². The molecule has 2 aromatic rings. The van der Waals surface area contributed by atoms with Gasteiger partial charge in [0, 0.05) is 11.1 Å². The highest BCUT2D eigenvalue weighted by Crippen LogP contribution is 1.98. The van der Waals surface area contributed by atoms with Crippen molar-refractivity contribution in [1.82, 2.24) is 0 Å². The molecule has 0 unspecified atom stereocenters. The van der Waals surface area contributed by atoms with Crippen molar-refractivity contribution in [2.24, 2.45) is 5.73 Å². The second-order valence-corrected chi connectivity index (χ2v) is 5.47. The third-order valence-electron chi connectivity index (χ3n) is 3.32. The molecule has 0 aliphatic heterocycles. The largest absolute Gasteiger partial charge is 0.322 e. The van der Waals surface area contributed by atoms with Crippen LogP contribution in [0, 0.1) is 0 Å². The van der Waals surface area contributed by atoms with Gasteiger partial charge < -0.3 is 5.73 Å². The molecule has 1 atom stereocenters. The van der Waals surface area contributed by atoms with Gasteiger partial charge in [-0.05, 0) is 27.2 Å². The molecule has 0 spiro atoms. The molecule has 2 N–H and O–H groups in total. The van der Waals surface area contributed by atoms with Gasteiger partial charge in [-0.3, -0.25) is 14.4 Å². The van der Waals surface area contributed by atoms with Gasteiger partial charge in [-0.1, -0.05) is 103 Å². The topological polar surface area (TPSA) is 77.2 Å². The molecule has 0 amide bonds. The van der Waals surface area contributed by atoms with Crippen LogP contribution in [-0.2, 0) is 4.79 Å². The highest BCUT2D eigenvalue weighted by Gasteiger charge is 2.01. The van der Waals surface area contributed by atoms with Gasteiger partial charge in [0.1, 0.15) is 5.78 Å². The summed E-state index contributed by atoms with van der Waals surface area (Å²) in [6.45, 7) is 14.5. The van der Waals surface area contributed by atoms with E-state index in [2.05, 4.69) is 0 Å². The van der Waals surface area contributed by atoms with E-state index < -0.39 is 0 Å². The summed E-state index contributed by atoms with van der Waals surface area (Å²) in [5, 5.41) is 0. The number of rotatable bonds is 4. The van der Waals surface area contributed by atoms with E-state index in [4.69, 9.17) is 5.73 Å². The summed E-state index contributed by atoms with van der Waals surface area (Å²) in [5.41, 5.74) is 6.82. The second kappa shape index (κ2) is 24.4. The van der Waals surface area contributed by atoms with Crippen molar-refractivity contribution in [3.05, 3.63) is 71.8 Å². The van der Waals surface area contributed by atoms with Gasteiger partial charge >= 0.3 is 0 Å². The Morgan fingerprint density at radius 1 is 0.700 bits per heavy atom. The zero-order chi connectivity index (χ0) is 23.2. The Kier molecular flexibility index (Phi) is 28.4. The smallest absolute Gasteiger partial charge is 0.159 e. The predicted octanol–water partition coefficient (Wildman–Crippen LogP) is 6.78. The number of hydrogen-bond donors (Lipinski definition) is 1. The van der Waals surface area contributed by atoms with Gasteiger partial charge in [0.15, 0.2) is 11.6 Å². The Balaban J connectivity index is -0.000000155. The fourth-order valence-corrected chi connectivity index (χ4v) is 1.63. The minimum Gasteiger partial charge on any atom is -0.322 e. The van der Waals surface area contributed by atoms with Crippen molar-refractivity contribution < 1.29 is 14.4 Å². The number of carbonyl (C=O) groups is 3. The molecule has 170 valence electrons. The minimum atomic E-state index is -0.236. The Morgan fingerprint density at radius 2 is 0.967 bits per heavy atom. The number of carbonyl (C=O) groups excluding carboxylic acids is 3. The van der Waals surface area contributed by atoms with E-state index in [0.29, 0.717) is 0 Å². The summed E-state index contributed by atoms with van der Waals surface area (Å²) in [6, 6.07) is 18.2. The van der Waals surface area contributed by atoms with Crippen molar-refractivity contribution in [2.45, 2.75) is 75.3 Å². The van der Waals surface area contributed by atoms with E-state index in [-0.39, 0.29) is 30.8 Å². The Labute approximate surface area is 184 Å². The summed E-state index contributed by atoms with van der Waals surface area (Å²) < 4.78 is 0. The number of benzene rings is 2. The molecule has 4 heteroatoms. The normalized spacial score (nSPS) is 8.97. The molecule has 30 heavy (non-hydrogen) atoms. The van der Waals surface area contributed by atoms with Crippen molar-refractivity contribution in [3.63, 3.8) is 0 Å². The van der Waals surface area contributed by atoms with Crippen molar-refractivity contribution >= 4 is 17.3 Å². The third kappa shape index (κ3) is 20.2. The highest BCUT2D eigenvalue weighted by atomic mass is 16.1. The van der Waals surface area contributed by atoms with Crippen molar-refractivity contribution in [1.29, 1.82) is 0 Å². The number of ketones is 3. The molecule has 2 rings (SSSR count). The summed E-state index contributed by atoms with van der Waals surface area (Å²) in [6.07, 6.45) is 0.745. The standard InChI is InChI=1S/2C8H8O.C5H11NO.2C2H6.CH4/c2*1-7(9)8-5-3-2-4-6-8;1-3-5(6)4(2)7;2*1-2;/h2*2-6H,1H3;5H,3,6H2,1-2H3;2*1-2H3;1H4/t;;5-;;;/m..1.../s1. The lowest BCUT2D eigenvalue weighted by molar-refractivity contribution is -0.118. The summed E-state index contributed by atoms with van der Waals surface area (Å²) in [5.74, 6) is 0.314. The zero-order valence-corrected chi connectivity index (χ0v) is 19.4.